The van der Waals surface area contributed by atoms with Gasteiger partial charge in [-0.3, -0.25) is 19.2 Å². The van der Waals surface area contributed by atoms with Gasteiger partial charge in [-0.05, 0) is 11.1 Å². The molecule has 0 heterocycles. The predicted octanol–water partition coefficient (Wildman–Crippen LogP) is 0.903. The number of hydrogen-bond donors (Lipinski definition) is 4. The Kier molecular flexibility index (Phi) is 10.0. The van der Waals surface area contributed by atoms with Crippen LogP contribution in [0.1, 0.15) is 23.6 Å². The summed E-state index contributed by atoms with van der Waals surface area (Å²) in [5, 5.41) is 15.8. The lowest BCUT2D eigenvalue weighted by molar-refractivity contribution is -0.143. The fourth-order valence-electron chi connectivity index (χ4n) is 2.82. The number of rotatable bonds is 11. The molecule has 11 nitrogen and oxygen atoms in total. The van der Waals surface area contributed by atoms with Crippen molar-refractivity contribution in [2.45, 2.75) is 25.1 Å². The predicted molar refractivity (Wildman–Crippen MR) is 118 cm³/mol. The molecule has 0 spiro atoms. The highest BCUT2D eigenvalue weighted by Crippen LogP contribution is 2.14. The third-order valence-electron chi connectivity index (χ3n) is 4.52. The molecule has 0 aliphatic carbocycles. The van der Waals surface area contributed by atoms with Gasteiger partial charge in [-0.25, -0.2) is 4.79 Å². The molecule has 34 heavy (non-hydrogen) atoms. The Bertz CT molecular complexity index is 998. The smallest absolute Gasteiger partial charge is 0.408 e. The number of nitrogens with one attached hydrogen (secondary N) is 3. The van der Waals surface area contributed by atoms with Crippen LogP contribution in [0.4, 0.5) is 4.79 Å². The highest BCUT2D eigenvalue weighted by atomic mass is 16.5. The summed E-state index contributed by atoms with van der Waals surface area (Å²) in [7, 11) is 1.12. The Labute approximate surface area is 195 Å². The number of carboxylic acid groups (broad SMARTS) is 1. The molecule has 0 radical (unpaired) electrons. The second-order valence-electron chi connectivity index (χ2n) is 7.00. The molecule has 0 bridgehead atoms. The average molecular weight is 471 g/mol. The number of esters is 1. The number of carboxylic acids is 1. The third kappa shape index (κ3) is 8.61. The van der Waals surface area contributed by atoms with Crippen LogP contribution in [0.3, 0.4) is 0 Å². The van der Waals surface area contributed by atoms with Crippen LogP contribution in [0.15, 0.2) is 60.7 Å². The maximum atomic E-state index is 12.9. The Morgan fingerprint density at radius 1 is 0.882 bits per heavy atom. The number of methoxy groups -OCH3 is 1. The van der Waals surface area contributed by atoms with Crippen molar-refractivity contribution in [1.29, 1.82) is 0 Å². The van der Waals surface area contributed by atoms with Gasteiger partial charge in [-0.15, -0.1) is 0 Å². The second kappa shape index (κ2) is 13.2. The highest BCUT2D eigenvalue weighted by Gasteiger charge is 2.30. The monoisotopic (exact) mass is 471 g/mol. The van der Waals surface area contributed by atoms with E-state index in [4.69, 9.17) is 9.84 Å². The highest BCUT2D eigenvalue weighted by molar-refractivity contribution is 5.94. The van der Waals surface area contributed by atoms with Crippen molar-refractivity contribution in [2.24, 2.45) is 0 Å². The lowest BCUT2D eigenvalue weighted by Gasteiger charge is -2.22. The van der Waals surface area contributed by atoms with Crippen molar-refractivity contribution in [3.05, 3.63) is 71.8 Å². The topological polar surface area (TPSA) is 160 Å². The fourth-order valence-corrected chi connectivity index (χ4v) is 2.82. The molecular weight excluding hydrogens is 446 g/mol. The minimum atomic E-state index is -1.42. The summed E-state index contributed by atoms with van der Waals surface area (Å²) in [5.74, 6) is -3.71. The van der Waals surface area contributed by atoms with Crippen LogP contribution in [-0.2, 0) is 35.3 Å². The van der Waals surface area contributed by atoms with Crippen LogP contribution in [0, 0.1) is 0 Å². The zero-order valence-electron chi connectivity index (χ0n) is 18.4. The van der Waals surface area contributed by atoms with E-state index in [0.29, 0.717) is 11.1 Å². The summed E-state index contributed by atoms with van der Waals surface area (Å²) in [6.45, 7) is -0.725. The summed E-state index contributed by atoms with van der Waals surface area (Å²) in [4.78, 5) is 60.4. The van der Waals surface area contributed by atoms with E-state index in [1.54, 1.807) is 60.7 Å². The maximum absolute atomic E-state index is 12.9. The summed E-state index contributed by atoms with van der Waals surface area (Å²) in [5.41, 5.74) is 1.08. The first-order valence-corrected chi connectivity index (χ1v) is 10.2. The van der Waals surface area contributed by atoms with Crippen LogP contribution in [-0.4, -0.2) is 54.6 Å². The Balaban J connectivity index is 2.13. The van der Waals surface area contributed by atoms with Crippen molar-refractivity contribution in [1.82, 2.24) is 16.0 Å². The SMILES string of the molecule is COC(=O)C[C@H](NC(=O)OCc1ccccc1)C(=O)N[C@H](C(=O)NCC(=O)O)c1ccccc1. The van der Waals surface area contributed by atoms with E-state index in [9.17, 15) is 24.0 Å². The quantitative estimate of drug-likeness (QED) is 0.352. The first-order valence-electron chi connectivity index (χ1n) is 10.2. The second-order valence-corrected chi connectivity index (χ2v) is 7.00. The van der Waals surface area contributed by atoms with E-state index >= 15 is 0 Å². The van der Waals surface area contributed by atoms with Crippen molar-refractivity contribution in [3.8, 4) is 0 Å². The third-order valence-corrected chi connectivity index (χ3v) is 4.52. The normalized spacial score (nSPS) is 11.9. The van der Waals surface area contributed by atoms with E-state index in [1.165, 1.54) is 0 Å². The number of carbonyl (C=O) groups is 5. The fraction of sp³-hybridized carbons (Fsp3) is 0.261. The van der Waals surface area contributed by atoms with Gasteiger partial charge < -0.3 is 30.5 Å². The number of ether oxygens (including phenoxy) is 2. The lowest BCUT2D eigenvalue weighted by atomic mass is 10.0. The molecule has 0 saturated heterocycles. The molecule has 2 rings (SSSR count). The molecule has 0 aliphatic heterocycles. The number of alkyl carbamates (subject to hydrolysis) is 1. The summed E-state index contributed by atoms with van der Waals surface area (Å²) in [6.07, 6.45) is -1.49. The van der Waals surface area contributed by atoms with Gasteiger partial charge in [0.2, 0.25) is 11.8 Å². The van der Waals surface area contributed by atoms with Crippen LogP contribution < -0.4 is 16.0 Å². The van der Waals surface area contributed by atoms with E-state index in [2.05, 4.69) is 20.7 Å². The van der Waals surface area contributed by atoms with Crippen LogP contribution in [0.2, 0.25) is 0 Å². The molecule has 2 aromatic carbocycles. The van der Waals surface area contributed by atoms with E-state index < -0.39 is 54.9 Å². The number of benzene rings is 2. The Hall–Kier alpha value is -4.41. The van der Waals surface area contributed by atoms with Crippen LogP contribution in [0.5, 0.6) is 0 Å². The minimum Gasteiger partial charge on any atom is -0.480 e. The average Bonchev–Trinajstić information content (AvgIpc) is 2.85. The molecule has 3 amide bonds. The first-order chi connectivity index (χ1) is 16.3. The number of amides is 3. The number of carbonyl (C=O) groups excluding carboxylic acids is 4. The molecule has 2 atom stereocenters. The van der Waals surface area contributed by atoms with Crippen molar-refractivity contribution >= 4 is 29.8 Å². The minimum absolute atomic E-state index is 0.0660. The van der Waals surface area contributed by atoms with Crippen LogP contribution in [0.25, 0.3) is 0 Å². The van der Waals surface area contributed by atoms with Gasteiger partial charge in [-0.1, -0.05) is 60.7 Å². The summed E-state index contributed by atoms with van der Waals surface area (Å²) in [6, 6.07) is 14.2. The molecular formula is C23H25N3O8. The molecule has 0 unspecified atom stereocenters. The summed E-state index contributed by atoms with van der Waals surface area (Å²) >= 11 is 0. The number of hydrogen-bond acceptors (Lipinski definition) is 7. The molecule has 11 heteroatoms. The molecule has 0 aliphatic rings. The summed E-state index contributed by atoms with van der Waals surface area (Å²) < 4.78 is 9.69. The van der Waals surface area contributed by atoms with Gasteiger partial charge in [0.25, 0.3) is 0 Å². The van der Waals surface area contributed by atoms with Gasteiger partial charge in [0, 0.05) is 0 Å². The molecule has 180 valence electrons. The Morgan fingerprint density at radius 3 is 2.09 bits per heavy atom. The van der Waals surface area contributed by atoms with Gasteiger partial charge in [-0.2, -0.15) is 0 Å². The molecule has 4 N–H and O–H groups in total. The molecule has 0 fully saturated rings. The van der Waals surface area contributed by atoms with Gasteiger partial charge in [0.15, 0.2) is 0 Å². The zero-order chi connectivity index (χ0) is 24.9. The zero-order valence-corrected chi connectivity index (χ0v) is 18.4. The van der Waals surface area contributed by atoms with Crippen molar-refractivity contribution in [3.63, 3.8) is 0 Å². The standard InChI is InChI=1S/C23H25N3O8/c1-33-19(29)12-17(25-23(32)34-14-15-8-4-2-5-9-15)21(30)26-20(16-10-6-3-7-11-16)22(31)24-13-18(27)28/h2-11,17,20H,12-14H2,1H3,(H,24,31)(H,25,32)(H,26,30)(H,27,28)/t17-,20-/m0/s1. The van der Waals surface area contributed by atoms with E-state index in [0.717, 1.165) is 7.11 Å². The van der Waals surface area contributed by atoms with Crippen molar-refractivity contribution < 1.29 is 38.6 Å². The van der Waals surface area contributed by atoms with E-state index in [1.807, 2.05) is 0 Å². The number of aliphatic carboxylic acids is 1. The van der Waals surface area contributed by atoms with Crippen LogP contribution >= 0.6 is 0 Å². The first kappa shape index (κ1) is 25.8. The van der Waals surface area contributed by atoms with Crippen molar-refractivity contribution in [2.75, 3.05) is 13.7 Å². The van der Waals surface area contributed by atoms with Gasteiger partial charge >= 0.3 is 18.0 Å². The van der Waals surface area contributed by atoms with Gasteiger partial charge in [0.05, 0.1) is 13.5 Å². The molecule has 0 aromatic heterocycles. The maximum Gasteiger partial charge on any atom is 0.408 e. The Morgan fingerprint density at radius 2 is 1.50 bits per heavy atom. The van der Waals surface area contributed by atoms with Gasteiger partial charge in [0.1, 0.15) is 25.2 Å². The van der Waals surface area contributed by atoms with E-state index in [-0.39, 0.29) is 6.61 Å². The molecule has 0 saturated carbocycles. The largest absolute Gasteiger partial charge is 0.480 e. The molecule has 2 aromatic rings. The lowest BCUT2D eigenvalue weighted by Crippen LogP contribution is -2.51.